The van der Waals surface area contributed by atoms with Gasteiger partial charge in [0.15, 0.2) is 6.29 Å². The number of aldehydes is 1. The van der Waals surface area contributed by atoms with Gasteiger partial charge in [-0.2, -0.15) is 13.2 Å². The number of fused-ring (bicyclic) bond motifs is 1. The van der Waals surface area contributed by atoms with Crippen LogP contribution in [0.25, 0.3) is 22.2 Å². The number of nitrogens with two attached hydrogens (primary N) is 1. The van der Waals surface area contributed by atoms with Gasteiger partial charge in [0.25, 0.3) is 5.91 Å². The lowest BCUT2D eigenvalue weighted by atomic mass is 10.1. The first-order valence-electron chi connectivity index (χ1n) is 9.28. The van der Waals surface area contributed by atoms with E-state index in [2.05, 4.69) is 4.98 Å². The maximum atomic E-state index is 12.8. The number of hydrogen-bond donors (Lipinski definition) is 1. The van der Waals surface area contributed by atoms with Gasteiger partial charge >= 0.3 is 6.18 Å². The molecule has 2 N–H and O–H groups in total. The molecule has 1 amide bonds. The zero-order valence-corrected chi connectivity index (χ0v) is 16.1. The summed E-state index contributed by atoms with van der Waals surface area (Å²) in [6.07, 6.45) is -2.01. The van der Waals surface area contributed by atoms with Crippen LogP contribution in [0.15, 0.2) is 66.9 Å². The predicted octanol–water partition coefficient (Wildman–Crippen LogP) is 4.68. The lowest BCUT2D eigenvalue weighted by Gasteiger charge is -2.09. The molecule has 0 saturated heterocycles. The van der Waals surface area contributed by atoms with Gasteiger partial charge in [-0.05, 0) is 42.0 Å². The molecular formula is C23H16F3N3O2. The summed E-state index contributed by atoms with van der Waals surface area (Å²) in [5.74, 6) is -0.640. The van der Waals surface area contributed by atoms with Gasteiger partial charge in [0, 0.05) is 34.8 Å². The Morgan fingerprint density at radius 2 is 1.81 bits per heavy atom. The molecule has 0 atom stereocenters. The second-order valence-electron chi connectivity index (χ2n) is 7.03. The molecule has 0 spiro atoms. The molecule has 0 aliphatic rings. The van der Waals surface area contributed by atoms with Gasteiger partial charge in [-0.3, -0.25) is 9.59 Å². The van der Waals surface area contributed by atoms with Crippen LogP contribution < -0.4 is 5.73 Å². The van der Waals surface area contributed by atoms with Crippen LogP contribution in [-0.2, 0) is 12.7 Å². The number of nitrogens with zero attached hydrogens (tertiary/aromatic N) is 2. The Balaban J connectivity index is 1.71. The van der Waals surface area contributed by atoms with E-state index >= 15 is 0 Å². The number of carbonyl (C=O) groups excluding carboxylic acids is 2. The summed E-state index contributed by atoms with van der Waals surface area (Å²) in [5.41, 5.74) is 7.80. The summed E-state index contributed by atoms with van der Waals surface area (Å²) < 4.78 is 40.1. The summed E-state index contributed by atoms with van der Waals surface area (Å²) in [4.78, 5) is 27.3. The number of alkyl halides is 3. The van der Waals surface area contributed by atoms with Crippen molar-refractivity contribution in [3.63, 3.8) is 0 Å². The van der Waals surface area contributed by atoms with Crippen LogP contribution in [0.5, 0.6) is 0 Å². The number of hydrogen-bond acceptors (Lipinski definition) is 3. The number of primary amides is 1. The standard InChI is InChI=1S/C23H16F3N3O2/c24-23(25,26)17-7-4-14(5-8-17)11-29-12-16(13-30)18-10-15(6-9-21(18)29)19-2-1-3-20(28-19)22(27)31/h1-10,12-13H,11H2,(H2,27,31). The number of carbonyl (C=O) groups is 2. The highest BCUT2D eigenvalue weighted by Crippen LogP contribution is 2.30. The summed E-state index contributed by atoms with van der Waals surface area (Å²) in [6.45, 7) is 0.303. The molecular weight excluding hydrogens is 407 g/mol. The van der Waals surface area contributed by atoms with Crippen molar-refractivity contribution in [3.8, 4) is 11.3 Å². The molecule has 4 rings (SSSR count). The number of pyridine rings is 1. The predicted molar refractivity (Wildman–Crippen MR) is 110 cm³/mol. The average Bonchev–Trinajstić information content (AvgIpc) is 3.10. The number of rotatable bonds is 5. The van der Waals surface area contributed by atoms with E-state index in [1.54, 1.807) is 41.1 Å². The van der Waals surface area contributed by atoms with Gasteiger partial charge in [0.2, 0.25) is 0 Å². The normalized spacial score (nSPS) is 11.6. The number of halogens is 3. The maximum Gasteiger partial charge on any atom is 0.416 e. The molecule has 0 bridgehead atoms. The van der Waals surface area contributed by atoms with E-state index in [1.165, 1.54) is 18.2 Å². The summed E-state index contributed by atoms with van der Waals surface area (Å²) in [7, 11) is 0. The number of aromatic nitrogens is 2. The van der Waals surface area contributed by atoms with Gasteiger partial charge in [-0.15, -0.1) is 0 Å². The van der Waals surface area contributed by atoms with Crippen molar-refractivity contribution >= 4 is 23.1 Å². The van der Waals surface area contributed by atoms with Gasteiger partial charge < -0.3 is 10.3 Å². The fourth-order valence-corrected chi connectivity index (χ4v) is 3.44. The van der Waals surface area contributed by atoms with E-state index in [0.29, 0.717) is 34.3 Å². The van der Waals surface area contributed by atoms with Crippen molar-refractivity contribution in [2.24, 2.45) is 5.73 Å². The summed E-state index contributed by atoms with van der Waals surface area (Å²) >= 11 is 0. The van der Waals surface area contributed by atoms with Crippen LogP contribution in [-0.4, -0.2) is 21.7 Å². The average molecular weight is 423 g/mol. The fraction of sp³-hybridized carbons (Fsp3) is 0.0870. The van der Waals surface area contributed by atoms with Gasteiger partial charge in [-0.1, -0.05) is 24.3 Å². The van der Waals surface area contributed by atoms with Crippen molar-refractivity contribution in [1.82, 2.24) is 9.55 Å². The molecule has 0 fully saturated rings. The highest BCUT2D eigenvalue weighted by molar-refractivity contribution is 5.99. The lowest BCUT2D eigenvalue weighted by molar-refractivity contribution is -0.137. The highest BCUT2D eigenvalue weighted by Gasteiger charge is 2.29. The molecule has 5 nitrogen and oxygen atoms in total. The Morgan fingerprint density at radius 3 is 2.45 bits per heavy atom. The Hall–Kier alpha value is -3.94. The minimum atomic E-state index is -4.39. The van der Waals surface area contributed by atoms with Crippen LogP contribution in [0, 0.1) is 0 Å². The molecule has 8 heteroatoms. The first kappa shape index (κ1) is 20.3. The van der Waals surface area contributed by atoms with Crippen LogP contribution in [0.3, 0.4) is 0 Å². The molecule has 0 saturated carbocycles. The second kappa shape index (κ2) is 7.71. The van der Waals surface area contributed by atoms with Crippen molar-refractivity contribution < 1.29 is 22.8 Å². The molecule has 0 unspecified atom stereocenters. The van der Waals surface area contributed by atoms with Crippen LogP contribution in [0.2, 0.25) is 0 Å². The quantitative estimate of drug-likeness (QED) is 0.474. The summed E-state index contributed by atoms with van der Waals surface area (Å²) in [5, 5.41) is 0.672. The van der Waals surface area contributed by atoms with Gasteiger partial charge in [0.05, 0.1) is 11.3 Å². The van der Waals surface area contributed by atoms with E-state index < -0.39 is 17.6 Å². The zero-order valence-electron chi connectivity index (χ0n) is 16.1. The first-order valence-corrected chi connectivity index (χ1v) is 9.28. The minimum absolute atomic E-state index is 0.132. The Kier molecular flexibility index (Phi) is 5.06. The number of benzene rings is 2. The Morgan fingerprint density at radius 1 is 1.06 bits per heavy atom. The molecule has 0 aliphatic carbocycles. The van der Waals surface area contributed by atoms with Crippen LogP contribution in [0.1, 0.15) is 32.0 Å². The Bertz CT molecular complexity index is 1290. The van der Waals surface area contributed by atoms with Crippen molar-refractivity contribution in [2.75, 3.05) is 0 Å². The largest absolute Gasteiger partial charge is 0.416 e. The second-order valence-corrected chi connectivity index (χ2v) is 7.03. The first-order chi connectivity index (χ1) is 14.8. The third-order valence-corrected chi connectivity index (χ3v) is 4.97. The molecule has 2 aromatic heterocycles. The van der Waals surface area contributed by atoms with Gasteiger partial charge in [0.1, 0.15) is 5.69 Å². The third-order valence-electron chi connectivity index (χ3n) is 4.97. The molecule has 2 aromatic carbocycles. The van der Waals surface area contributed by atoms with Gasteiger partial charge in [-0.25, -0.2) is 4.98 Å². The van der Waals surface area contributed by atoms with Crippen molar-refractivity contribution in [3.05, 3.63) is 89.2 Å². The monoisotopic (exact) mass is 423 g/mol. The highest BCUT2D eigenvalue weighted by atomic mass is 19.4. The lowest BCUT2D eigenvalue weighted by Crippen LogP contribution is -2.12. The van der Waals surface area contributed by atoms with E-state index in [-0.39, 0.29) is 5.69 Å². The fourth-order valence-electron chi connectivity index (χ4n) is 3.44. The SMILES string of the molecule is NC(=O)c1cccc(-c2ccc3c(c2)c(C=O)cn3Cc2ccc(C(F)(F)F)cc2)n1. The molecule has 4 aromatic rings. The smallest absolute Gasteiger partial charge is 0.364 e. The summed E-state index contributed by atoms with van der Waals surface area (Å²) in [6, 6.07) is 15.2. The molecule has 2 heterocycles. The van der Waals surface area contributed by atoms with E-state index in [9.17, 15) is 22.8 Å². The molecule has 156 valence electrons. The van der Waals surface area contributed by atoms with Crippen molar-refractivity contribution in [1.29, 1.82) is 0 Å². The topological polar surface area (TPSA) is 78.0 Å². The zero-order chi connectivity index (χ0) is 22.2. The number of amides is 1. The van der Waals surface area contributed by atoms with E-state index in [4.69, 9.17) is 5.73 Å². The van der Waals surface area contributed by atoms with Crippen LogP contribution >= 0.6 is 0 Å². The Labute approximate surface area is 174 Å². The van der Waals surface area contributed by atoms with E-state index in [1.807, 2.05) is 0 Å². The molecule has 31 heavy (non-hydrogen) atoms. The van der Waals surface area contributed by atoms with Crippen molar-refractivity contribution in [2.45, 2.75) is 12.7 Å². The maximum absolute atomic E-state index is 12.8. The molecule has 0 aliphatic heterocycles. The van der Waals surface area contributed by atoms with E-state index in [0.717, 1.165) is 23.9 Å². The van der Waals surface area contributed by atoms with Crippen LogP contribution in [0.4, 0.5) is 13.2 Å². The third kappa shape index (κ3) is 4.05. The minimum Gasteiger partial charge on any atom is -0.364 e. The molecule has 0 radical (unpaired) electrons.